The Kier molecular flexibility index (Phi) is 3.22. The number of nitrogens with two attached hydrogens (primary N) is 1. The van der Waals surface area contributed by atoms with Crippen LogP contribution in [-0.2, 0) is 6.42 Å². The summed E-state index contributed by atoms with van der Waals surface area (Å²) in [6.45, 7) is 0.527. The Morgan fingerprint density at radius 1 is 1.38 bits per heavy atom. The van der Waals surface area contributed by atoms with E-state index in [4.69, 9.17) is 5.73 Å². The molecule has 0 aliphatic rings. The van der Waals surface area contributed by atoms with E-state index < -0.39 is 4.92 Å². The molecule has 2 heterocycles. The van der Waals surface area contributed by atoms with Crippen LogP contribution in [0.4, 0.5) is 5.00 Å². The second-order valence-electron chi connectivity index (χ2n) is 2.93. The van der Waals surface area contributed by atoms with Crippen LogP contribution < -0.4 is 5.73 Å². The molecular formula is C8H8N4O2S2. The zero-order valence-electron chi connectivity index (χ0n) is 8.12. The number of thiophene rings is 1. The van der Waals surface area contributed by atoms with Crippen LogP contribution in [0.5, 0.6) is 0 Å². The molecule has 2 aromatic heterocycles. The van der Waals surface area contributed by atoms with Gasteiger partial charge in [-0.2, -0.15) is 0 Å². The van der Waals surface area contributed by atoms with Gasteiger partial charge in [0.15, 0.2) is 5.01 Å². The molecule has 0 spiro atoms. The minimum Gasteiger partial charge on any atom is -0.330 e. The van der Waals surface area contributed by atoms with Crippen molar-refractivity contribution in [2.75, 3.05) is 6.54 Å². The first-order valence-corrected chi connectivity index (χ1v) is 6.11. The molecule has 2 aromatic rings. The quantitative estimate of drug-likeness (QED) is 0.663. The molecule has 0 aliphatic heterocycles. The third kappa shape index (κ3) is 2.23. The molecule has 2 rings (SSSR count). The molecule has 84 valence electrons. The Bertz CT molecular complexity index is 508. The van der Waals surface area contributed by atoms with Gasteiger partial charge in [0.2, 0.25) is 0 Å². The number of nitrogens with zero attached hydrogens (tertiary/aromatic N) is 3. The Balaban J connectivity index is 2.24. The highest BCUT2D eigenvalue weighted by Gasteiger charge is 2.14. The van der Waals surface area contributed by atoms with Gasteiger partial charge in [-0.15, -0.1) is 10.2 Å². The molecule has 0 saturated heterocycles. The van der Waals surface area contributed by atoms with E-state index in [9.17, 15) is 10.1 Å². The van der Waals surface area contributed by atoms with E-state index in [2.05, 4.69) is 10.2 Å². The first-order chi connectivity index (χ1) is 7.70. The molecule has 0 aliphatic carbocycles. The SMILES string of the molecule is NCCc1nnc(-c2ccc([N+](=O)[O-])s2)s1. The summed E-state index contributed by atoms with van der Waals surface area (Å²) in [5, 5.41) is 20.1. The van der Waals surface area contributed by atoms with Crippen LogP contribution in [0.2, 0.25) is 0 Å². The lowest BCUT2D eigenvalue weighted by molar-refractivity contribution is -0.380. The lowest BCUT2D eigenvalue weighted by Gasteiger charge is -1.86. The van der Waals surface area contributed by atoms with Gasteiger partial charge >= 0.3 is 5.00 Å². The lowest BCUT2D eigenvalue weighted by atomic mass is 10.5. The number of aromatic nitrogens is 2. The maximum Gasteiger partial charge on any atom is 0.324 e. The van der Waals surface area contributed by atoms with Gasteiger partial charge in [0.1, 0.15) is 5.01 Å². The van der Waals surface area contributed by atoms with Crippen molar-refractivity contribution in [3.8, 4) is 9.88 Å². The molecule has 0 aromatic carbocycles. The van der Waals surface area contributed by atoms with E-state index in [0.29, 0.717) is 18.0 Å². The van der Waals surface area contributed by atoms with Crippen molar-refractivity contribution in [1.82, 2.24) is 10.2 Å². The van der Waals surface area contributed by atoms with Gasteiger partial charge in [-0.1, -0.05) is 22.7 Å². The maximum atomic E-state index is 10.5. The predicted molar refractivity (Wildman–Crippen MR) is 62.6 cm³/mol. The van der Waals surface area contributed by atoms with E-state index in [1.807, 2.05) is 0 Å². The Hall–Kier alpha value is -1.38. The normalized spacial score (nSPS) is 10.6. The highest BCUT2D eigenvalue weighted by Crippen LogP contribution is 2.34. The zero-order valence-corrected chi connectivity index (χ0v) is 9.75. The molecule has 0 saturated carbocycles. The fourth-order valence-electron chi connectivity index (χ4n) is 1.12. The number of nitro groups is 1. The molecule has 0 fully saturated rings. The first kappa shape index (κ1) is 11.1. The smallest absolute Gasteiger partial charge is 0.324 e. The average molecular weight is 256 g/mol. The van der Waals surface area contributed by atoms with Crippen LogP contribution in [0.3, 0.4) is 0 Å². The largest absolute Gasteiger partial charge is 0.330 e. The number of hydrogen-bond donors (Lipinski definition) is 1. The Morgan fingerprint density at radius 2 is 2.19 bits per heavy atom. The van der Waals surface area contributed by atoms with Crippen LogP contribution >= 0.6 is 22.7 Å². The minimum absolute atomic E-state index is 0.116. The zero-order chi connectivity index (χ0) is 11.5. The molecule has 2 N–H and O–H groups in total. The van der Waals surface area contributed by atoms with Crippen molar-refractivity contribution in [3.05, 3.63) is 27.3 Å². The average Bonchev–Trinajstić information content (AvgIpc) is 2.84. The van der Waals surface area contributed by atoms with Gasteiger partial charge in [0.05, 0.1) is 9.80 Å². The van der Waals surface area contributed by atoms with Crippen LogP contribution in [0.1, 0.15) is 5.01 Å². The van der Waals surface area contributed by atoms with E-state index >= 15 is 0 Å². The standard InChI is InChI=1S/C8H8N4O2S2/c9-4-3-6-10-11-8(16-6)5-1-2-7(15-5)12(13)14/h1-2H,3-4,9H2. The summed E-state index contributed by atoms with van der Waals surface area (Å²) in [6, 6.07) is 3.17. The molecule has 0 unspecified atom stereocenters. The summed E-state index contributed by atoms with van der Waals surface area (Å²) in [7, 11) is 0. The summed E-state index contributed by atoms with van der Waals surface area (Å²) in [6.07, 6.45) is 0.686. The van der Waals surface area contributed by atoms with E-state index in [-0.39, 0.29) is 5.00 Å². The monoisotopic (exact) mass is 256 g/mol. The molecule has 6 nitrogen and oxygen atoms in total. The van der Waals surface area contributed by atoms with Crippen molar-refractivity contribution in [2.45, 2.75) is 6.42 Å². The number of hydrogen-bond acceptors (Lipinski definition) is 7. The molecular weight excluding hydrogens is 248 g/mol. The van der Waals surface area contributed by atoms with Crippen LogP contribution in [0.15, 0.2) is 12.1 Å². The third-order valence-electron chi connectivity index (χ3n) is 1.81. The third-order valence-corrected chi connectivity index (χ3v) is 4.00. The van der Waals surface area contributed by atoms with E-state index in [1.165, 1.54) is 17.4 Å². The second kappa shape index (κ2) is 4.64. The van der Waals surface area contributed by atoms with Crippen molar-refractivity contribution in [3.63, 3.8) is 0 Å². The van der Waals surface area contributed by atoms with Crippen LogP contribution in [0, 0.1) is 10.1 Å². The second-order valence-corrected chi connectivity index (χ2v) is 5.06. The topological polar surface area (TPSA) is 94.9 Å². The maximum absolute atomic E-state index is 10.5. The van der Waals surface area contributed by atoms with Gasteiger partial charge in [-0.3, -0.25) is 10.1 Å². The fraction of sp³-hybridized carbons (Fsp3) is 0.250. The van der Waals surface area contributed by atoms with E-state index in [0.717, 1.165) is 21.2 Å². The molecule has 8 heteroatoms. The Morgan fingerprint density at radius 3 is 2.81 bits per heavy atom. The van der Waals surface area contributed by atoms with Crippen molar-refractivity contribution < 1.29 is 4.92 Å². The van der Waals surface area contributed by atoms with Crippen LogP contribution in [-0.4, -0.2) is 21.7 Å². The van der Waals surface area contributed by atoms with Crippen molar-refractivity contribution in [2.24, 2.45) is 5.73 Å². The van der Waals surface area contributed by atoms with E-state index in [1.54, 1.807) is 6.07 Å². The Labute approximate surface area is 98.9 Å². The summed E-state index contributed by atoms with van der Waals surface area (Å²) in [4.78, 5) is 10.9. The molecule has 0 atom stereocenters. The van der Waals surface area contributed by atoms with Gasteiger partial charge in [-0.25, -0.2) is 0 Å². The highest BCUT2D eigenvalue weighted by molar-refractivity contribution is 7.23. The summed E-state index contributed by atoms with van der Waals surface area (Å²) >= 11 is 2.52. The van der Waals surface area contributed by atoms with Gasteiger partial charge in [0.25, 0.3) is 0 Å². The highest BCUT2D eigenvalue weighted by atomic mass is 32.1. The van der Waals surface area contributed by atoms with Crippen LogP contribution in [0.25, 0.3) is 9.88 Å². The van der Waals surface area contributed by atoms with Gasteiger partial charge < -0.3 is 5.73 Å². The fourth-order valence-corrected chi connectivity index (χ4v) is 2.84. The first-order valence-electron chi connectivity index (χ1n) is 4.47. The molecule has 0 radical (unpaired) electrons. The summed E-state index contributed by atoms with van der Waals surface area (Å²) in [5.74, 6) is 0. The lowest BCUT2D eigenvalue weighted by Crippen LogP contribution is -2.01. The molecule has 16 heavy (non-hydrogen) atoms. The van der Waals surface area contributed by atoms with Crippen molar-refractivity contribution >= 4 is 27.7 Å². The predicted octanol–water partition coefficient (Wildman–Crippen LogP) is 1.68. The van der Waals surface area contributed by atoms with Gasteiger partial charge in [0, 0.05) is 12.5 Å². The summed E-state index contributed by atoms with van der Waals surface area (Å²) in [5.41, 5.74) is 5.40. The minimum atomic E-state index is -0.407. The van der Waals surface area contributed by atoms with Gasteiger partial charge in [-0.05, 0) is 12.6 Å². The van der Waals surface area contributed by atoms with Crippen molar-refractivity contribution in [1.29, 1.82) is 0 Å². The summed E-state index contributed by atoms with van der Waals surface area (Å²) < 4.78 is 0. The number of rotatable bonds is 4. The molecule has 0 amide bonds. The molecule has 0 bridgehead atoms.